The van der Waals surface area contributed by atoms with Gasteiger partial charge < -0.3 is 35.8 Å². The summed E-state index contributed by atoms with van der Waals surface area (Å²) in [6, 6.07) is 7.34. The fraction of sp³-hybridized carbons (Fsp3) is 0.344. The summed E-state index contributed by atoms with van der Waals surface area (Å²) < 4.78 is 44.2. The molecular formula is C32H34ClF3N10O5. The number of amides is 3. The fourth-order valence-corrected chi connectivity index (χ4v) is 6.15. The highest BCUT2D eigenvalue weighted by atomic mass is 35.5. The minimum Gasteiger partial charge on any atom is -0.483 e. The highest BCUT2D eigenvalue weighted by molar-refractivity contribution is 6.34. The van der Waals surface area contributed by atoms with Crippen LogP contribution in [0.25, 0.3) is 17.1 Å². The van der Waals surface area contributed by atoms with Gasteiger partial charge in [-0.05, 0) is 43.2 Å². The average molecular weight is 731 g/mol. The number of imidazole rings is 1. The van der Waals surface area contributed by atoms with Crippen molar-refractivity contribution in [3.63, 3.8) is 0 Å². The number of piperazine rings is 1. The Morgan fingerprint density at radius 3 is 2.33 bits per heavy atom. The van der Waals surface area contributed by atoms with Gasteiger partial charge in [-0.2, -0.15) is 18.3 Å². The first-order valence-corrected chi connectivity index (χ1v) is 16.1. The summed E-state index contributed by atoms with van der Waals surface area (Å²) in [5.41, 5.74) is 4.98. The number of benzene rings is 1. The van der Waals surface area contributed by atoms with Crippen LogP contribution in [0.4, 0.5) is 24.5 Å². The van der Waals surface area contributed by atoms with Gasteiger partial charge in [0.05, 0.1) is 39.9 Å². The van der Waals surface area contributed by atoms with Gasteiger partial charge in [0, 0.05) is 64.1 Å². The second-order valence-corrected chi connectivity index (χ2v) is 12.1. The highest BCUT2D eigenvalue weighted by Crippen LogP contribution is 2.37. The SMILES string of the molecule is Cn1c(-c2cn(-c3ccc(N)cn3)nc2C(F)(F)F)cnc1C(=O)Nc1ccc(C(=O)N2CCC(C(=O)N3CCNCC3)CC2)c(Cl)c1.O=CO. The van der Waals surface area contributed by atoms with Gasteiger partial charge in [0.15, 0.2) is 17.3 Å². The first kappa shape index (κ1) is 36.8. The number of likely N-dealkylation sites (tertiary alicyclic amines) is 1. The fourth-order valence-electron chi connectivity index (χ4n) is 5.89. The molecule has 0 unspecified atom stereocenters. The zero-order chi connectivity index (χ0) is 36.9. The quantitative estimate of drug-likeness (QED) is 0.214. The zero-order valence-electron chi connectivity index (χ0n) is 27.2. The Labute approximate surface area is 294 Å². The van der Waals surface area contributed by atoms with Gasteiger partial charge in [0.1, 0.15) is 0 Å². The number of nitrogens with two attached hydrogens (primary N) is 1. The lowest BCUT2D eigenvalue weighted by atomic mass is 9.94. The summed E-state index contributed by atoms with van der Waals surface area (Å²) in [5.74, 6) is -1.04. The number of halogens is 4. The number of alkyl halides is 3. The molecule has 0 aliphatic carbocycles. The number of nitrogen functional groups attached to an aromatic ring is 1. The number of aromatic nitrogens is 5. The van der Waals surface area contributed by atoms with Crippen molar-refractivity contribution in [3.05, 3.63) is 71.0 Å². The van der Waals surface area contributed by atoms with Crippen LogP contribution in [-0.4, -0.2) is 103 Å². The second kappa shape index (κ2) is 15.6. The number of nitrogens with one attached hydrogen (secondary N) is 2. The largest absolute Gasteiger partial charge is 0.483 e. The van der Waals surface area contributed by atoms with Gasteiger partial charge in [-0.1, -0.05) is 11.6 Å². The molecule has 19 heteroatoms. The van der Waals surface area contributed by atoms with Gasteiger partial charge in [0.2, 0.25) is 5.91 Å². The molecule has 3 aromatic heterocycles. The van der Waals surface area contributed by atoms with Crippen LogP contribution >= 0.6 is 11.6 Å². The molecule has 2 saturated heterocycles. The van der Waals surface area contributed by atoms with Gasteiger partial charge in [-0.15, -0.1) is 0 Å². The number of carboxylic acid groups (broad SMARTS) is 1. The third-order valence-corrected chi connectivity index (χ3v) is 8.79. The van der Waals surface area contributed by atoms with Crippen LogP contribution in [0.5, 0.6) is 0 Å². The molecule has 270 valence electrons. The first-order valence-electron chi connectivity index (χ1n) is 15.7. The molecular weight excluding hydrogens is 697 g/mol. The third kappa shape index (κ3) is 8.29. The van der Waals surface area contributed by atoms with E-state index in [1.165, 1.54) is 48.1 Å². The second-order valence-electron chi connectivity index (χ2n) is 11.7. The molecule has 1 aromatic carbocycles. The van der Waals surface area contributed by atoms with Crippen molar-refractivity contribution < 1.29 is 37.5 Å². The van der Waals surface area contributed by atoms with E-state index in [4.69, 9.17) is 27.2 Å². The van der Waals surface area contributed by atoms with Gasteiger partial charge in [-0.3, -0.25) is 19.2 Å². The van der Waals surface area contributed by atoms with E-state index >= 15 is 0 Å². The van der Waals surface area contributed by atoms with Crippen molar-refractivity contribution in [1.82, 2.24) is 39.4 Å². The number of rotatable bonds is 6. The van der Waals surface area contributed by atoms with Crippen LogP contribution in [0.15, 0.2) is 48.9 Å². The molecule has 2 aliphatic rings. The topological polar surface area (TPSA) is 194 Å². The highest BCUT2D eigenvalue weighted by Gasteiger charge is 2.39. The van der Waals surface area contributed by atoms with Gasteiger partial charge in [0.25, 0.3) is 18.3 Å². The molecule has 51 heavy (non-hydrogen) atoms. The molecule has 6 rings (SSSR count). The lowest BCUT2D eigenvalue weighted by molar-refractivity contribution is -0.141. The maximum absolute atomic E-state index is 14.0. The van der Waals surface area contributed by atoms with Crippen molar-refractivity contribution in [1.29, 1.82) is 0 Å². The molecule has 15 nitrogen and oxygen atoms in total. The average Bonchev–Trinajstić information content (AvgIpc) is 3.73. The van der Waals surface area contributed by atoms with E-state index in [0.29, 0.717) is 44.7 Å². The molecule has 0 saturated carbocycles. The number of piperidine rings is 1. The minimum absolute atomic E-state index is 0.00782. The Balaban J connectivity index is 0.00000162. The maximum Gasteiger partial charge on any atom is 0.435 e. The molecule has 3 amide bonds. The molecule has 5 N–H and O–H groups in total. The smallest absolute Gasteiger partial charge is 0.435 e. The van der Waals surface area contributed by atoms with Crippen molar-refractivity contribution in [2.45, 2.75) is 19.0 Å². The summed E-state index contributed by atoms with van der Waals surface area (Å²) in [6.45, 7) is 3.52. The molecule has 2 fully saturated rings. The molecule has 0 bridgehead atoms. The van der Waals surface area contributed by atoms with Gasteiger partial charge >= 0.3 is 6.18 Å². The normalized spacial score (nSPS) is 15.2. The summed E-state index contributed by atoms with van der Waals surface area (Å²) in [5, 5.41) is 16.6. The van der Waals surface area contributed by atoms with Gasteiger partial charge in [-0.25, -0.2) is 14.6 Å². The van der Waals surface area contributed by atoms with E-state index in [1.807, 2.05) is 4.90 Å². The lowest BCUT2D eigenvalue weighted by Gasteiger charge is -2.35. The molecule has 4 aromatic rings. The first-order chi connectivity index (χ1) is 24.3. The monoisotopic (exact) mass is 730 g/mol. The molecule has 2 aliphatic heterocycles. The van der Waals surface area contributed by atoms with E-state index in [1.54, 1.807) is 4.90 Å². The third-order valence-electron chi connectivity index (χ3n) is 8.47. The summed E-state index contributed by atoms with van der Waals surface area (Å²) in [4.78, 5) is 59.3. The Hall–Kier alpha value is -5.49. The number of nitrogens with zero attached hydrogens (tertiary/aromatic N) is 7. The molecule has 5 heterocycles. The Kier molecular flexibility index (Phi) is 11.2. The van der Waals surface area contributed by atoms with Crippen LogP contribution in [-0.2, 0) is 22.8 Å². The number of carbonyl (C=O) groups excluding carboxylic acids is 3. The van der Waals surface area contributed by atoms with Crippen LogP contribution in [0.1, 0.15) is 39.5 Å². The molecule has 0 atom stereocenters. The van der Waals surface area contributed by atoms with Crippen molar-refractivity contribution in [3.8, 4) is 17.1 Å². The minimum atomic E-state index is -4.81. The zero-order valence-corrected chi connectivity index (χ0v) is 28.0. The van der Waals surface area contributed by atoms with E-state index < -0.39 is 17.8 Å². The van der Waals surface area contributed by atoms with Crippen LogP contribution in [0.2, 0.25) is 5.02 Å². The van der Waals surface area contributed by atoms with Crippen LogP contribution < -0.4 is 16.4 Å². The van der Waals surface area contributed by atoms with E-state index in [9.17, 15) is 27.6 Å². The predicted octanol–water partition coefficient (Wildman–Crippen LogP) is 3.16. The number of anilines is 2. The number of pyridine rings is 1. The Bertz CT molecular complexity index is 1900. The van der Waals surface area contributed by atoms with E-state index in [0.717, 1.165) is 30.2 Å². The van der Waals surface area contributed by atoms with E-state index in [-0.39, 0.29) is 63.4 Å². The Morgan fingerprint density at radius 2 is 1.73 bits per heavy atom. The van der Waals surface area contributed by atoms with Crippen LogP contribution in [0, 0.1) is 5.92 Å². The molecule has 0 spiro atoms. The summed E-state index contributed by atoms with van der Waals surface area (Å²) in [7, 11) is 1.41. The Morgan fingerprint density at radius 1 is 1.04 bits per heavy atom. The number of hydrogen-bond donors (Lipinski definition) is 4. The van der Waals surface area contributed by atoms with Crippen molar-refractivity contribution in [2.75, 3.05) is 50.3 Å². The van der Waals surface area contributed by atoms with E-state index in [2.05, 4.69) is 25.7 Å². The standard InChI is InChI=1S/C31H32ClF3N10O3.CH2O2/c1-42-24(22-17-45(41-26(22)31(33,34)35)25-5-2-19(36)15-38-25)16-39-27(42)28(46)40-20-3-4-21(23(32)14-20)30(48)43-10-6-18(7-11-43)29(47)44-12-8-37-9-13-44;2-1-3/h2-5,14-18,37H,6-13,36H2,1H3,(H,40,46);1H,(H,2,3). The number of hydrogen-bond acceptors (Lipinski definition) is 9. The van der Waals surface area contributed by atoms with Crippen molar-refractivity contribution in [2.24, 2.45) is 13.0 Å². The predicted molar refractivity (Wildman–Crippen MR) is 179 cm³/mol. The summed E-state index contributed by atoms with van der Waals surface area (Å²) in [6.07, 6.45) is -0.0772. The maximum atomic E-state index is 14.0. The lowest BCUT2D eigenvalue weighted by Crippen LogP contribution is -2.50. The number of carbonyl (C=O) groups is 4. The van der Waals surface area contributed by atoms with Crippen molar-refractivity contribution >= 4 is 47.2 Å². The molecule has 0 radical (unpaired) electrons. The summed E-state index contributed by atoms with van der Waals surface area (Å²) >= 11 is 6.48. The van der Waals surface area contributed by atoms with Crippen LogP contribution in [0.3, 0.4) is 0 Å².